The third kappa shape index (κ3) is 8.36. The van der Waals surface area contributed by atoms with Crippen molar-refractivity contribution in [2.24, 2.45) is 0 Å². The standard InChI is InChI=1S/C11H22N2O4/c1-8(7-16-10(15)13(5)6)12-9(14)17-11(2,3)4/h8H,7H2,1-6H3,(H,12,14)/t8-/m1/s1. The average molecular weight is 246 g/mol. The van der Waals surface area contributed by atoms with E-state index in [1.807, 2.05) is 0 Å². The molecule has 6 heteroatoms. The van der Waals surface area contributed by atoms with Crippen LogP contribution in [0.1, 0.15) is 27.7 Å². The highest BCUT2D eigenvalue weighted by Gasteiger charge is 2.18. The van der Waals surface area contributed by atoms with Gasteiger partial charge >= 0.3 is 12.2 Å². The Morgan fingerprint density at radius 2 is 1.82 bits per heavy atom. The van der Waals surface area contributed by atoms with E-state index in [4.69, 9.17) is 9.47 Å². The van der Waals surface area contributed by atoms with Gasteiger partial charge in [-0.05, 0) is 27.7 Å². The molecular weight excluding hydrogens is 224 g/mol. The molecule has 0 radical (unpaired) electrons. The molecule has 2 amide bonds. The molecule has 1 N–H and O–H groups in total. The van der Waals surface area contributed by atoms with Gasteiger partial charge in [0.15, 0.2) is 0 Å². The normalized spacial score (nSPS) is 12.6. The Kier molecular flexibility index (Phi) is 5.78. The van der Waals surface area contributed by atoms with Gasteiger partial charge in [-0.3, -0.25) is 0 Å². The number of nitrogens with zero attached hydrogens (tertiary/aromatic N) is 1. The van der Waals surface area contributed by atoms with E-state index in [0.717, 1.165) is 0 Å². The summed E-state index contributed by atoms with van der Waals surface area (Å²) >= 11 is 0. The minimum Gasteiger partial charge on any atom is -0.447 e. The van der Waals surface area contributed by atoms with Crippen LogP contribution in [0.3, 0.4) is 0 Å². The zero-order valence-corrected chi connectivity index (χ0v) is 11.4. The SMILES string of the molecule is C[C@H](COC(=O)N(C)C)NC(=O)OC(C)(C)C. The summed E-state index contributed by atoms with van der Waals surface area (Å²) in [5.41, 5.74) is -0.538. The van der Waals surface area contributed by atoms with Crippen molar-refractivity contribution in [2.45, 2.75) is 39.3 Å². The maximum atomic E-state index is 11.4. The second-order valence-electron chi connectivity index (χ2n) is 5.02. The number of alkyl carbamates (subject to hydrolysis) is 1. The van der Waals surface area contributed by atoms with Crippen LogP contribution in [0.5, 0.6) is 0 Å². The summed E-state index contributed by atoms with van der Waals surface area (Å²) in [6, 6.07) is -0.297. The molecule has 100 valence electrons. The van der Waals surface area contributed by atoms with Gasteiger partial charge in [0.05, 0.1) is 6.04 Å². The summed E-state index contributed by atoms with van der Waals surface area (Å²) in [6.07, 6.45) is -0.964. The topological polar surface area (TPSA) is 67.9 Å². The molecule has 0 saturated heterocycles. The lowest BCUT2D eigenvalue weighted by molar-refractivity contribution is 0.0470. The summed E-state index contributed by atoms with van der Waals surface area (Å²) in [6.45, 7) is 7.18. The molecule has 0 saturated carbocycles. The van der Waals surface area contributed by atoms with E-state index in [0.29, 0.717) is 0 Å². The first kappa shape index (κ1) is 15.5. The first-order valence-corrected chi connectivity index (χ1v) is 5.45. The van der Waals surface area contributed by atoms with Crippen molar-refractivity contribution in [3.8, 4) is 0 Å². The van der Waals surface area contributed by atoms with Crippen molar-refractivity contribution >= 4 is 12.2 Å². The zero-order chi connectivity index (χ0) is 13.6. The van der Waals surface area contributed by atoms with Crippen LogP contribution in [0.4, 0.5) is 9.59 Å². The Morgan fingerprint density at radius 1 is 1.29 bits per heavy atom. The van der Waals surface area contributed by atoms with Gasteiger partial charge in [-0.2, -0.15) is 0 Å². The molecule has 0 spiro atoms. The molecule has 0 aliphatic rings. The zero-order valence-electron chi connectivity index (χ0n) is 11.4. The Balaban J connectivity index is 3.90. The van der Waals surface area contributed by atoms with E-state index in [1.54, 1.807) is 41.8 Å². The van der Waals surface area contributed by atoms with Crippen molar-refractivity contribution in [1.29, 1.82) is 0 Å². The third-order valence-corrected chi connectivity index (χ3v) is 1.59. The van der Waals surface area contributed by atoms with Crippen molar-refractivity contribution in [2.75, 3.05) is 20.7 Å². The average Bonchev–Trinajstić information content (AvgIpc) is 2.10. The Bertz CT molecular complexity index is 271. The predicted octanol–water partition coefficient (Wildman–Crippen LogP) is 1.60. The number of ether oxygens (including phenoxy) is 2. The molecule has 0 aliphatic heterocycles. The van der Waals surface area contributed by atoms with Gasteiger partial charge in [-0.25, -0.2) is 9.59 Å². The predicted molar refractivity (Wildman–Crippen MR) is 63.9 cm³/mol. The Hall–Kier alpha value is -1.46. The fourth-order valence-corrected chi connectivity index (χ4v) is 0.876. The van der Waals surface area contributed by atoms with Crippen molar-refractivity contribution in [3.05, 3.63) is 0 Å². The smallest absolute Gasteiger partial charge is 0.409 e. The maximum Gasteiger partial charge on any atom is 0.409 e. The molecule has 0 aromatic heterocycles. The van der Waals surface area contributed by atoms with Gasteiger partial charge in [0.25, 0.3) is 0 Å². The summed E-state index contributed by atoms with van der Waals surface area (Å²) in [7, 11) is 3.18. The van der Waals surface area contributed by atoms with Crippen LogP contribution >= 0.6 is 0 Å². The van der Waals surface area contributed by atoms with Crippen molar-refractivity contribution < 1.29 is 19.1 Å². The lowest BCUT2D eigenvalue weighted by Crippen LogP contribution is -2.40. The highest BCUT2D eigenvalue weighted by atomic mass is 16.6. The van der Waals surface area contributed by atoms with Crippen LogP contribution in [0.15, 0.2) is 0 Å². The molecule has 0 aromatic carbocycles. The molecule has 0 heterocycles. The lowest BCUT2D eigenvalue weighted by atomic mass is 10.2. The minimum absolute atomic E-state index is 0.107. The van der Waals surface area contributed by atoms with Crippen LogP contribution in [0.2, 0.25) is 0 Å². The molecular formula is C11H22N2O4. The van der Waals surface area contributed by atoms with E-state index in [1.165, 1.54) is 4.90 Å². The van der Waals surface area contributed by atoms with E-state index in [-0.39, 0.29) is 12.6 Å². The first-order chi connectivity index (χ1) is 7.61. The van der Waals surface area contributed by atoms with Gasteiger partial charge in [-0.15, -0.1) is 0 Å². The third-order valence-electron chi connectivity index (χ3n) is 1.59. The van der Waals surface area contributed by atoms with Crippen LogP contribution in [0.25, 0.3) is 0 Å². The summed E-state index contributed by atoms with van der Waals surface area (Å²) in [5, 5.41) is 2.57. The monoisotopic (exact) mass is 246 g/mol. The number of carbonyl (C=O) groups excluding carboxylic acids is 2. The fourth-order valence-electron chi connectivity index (χ4n) is 0.876. The molecule has 0 aromatic rings. The van der Waals surface area contributed by atoms with Gasteiger partial charge in [-0.1, -0.05) is 0 Å². The van der Waals surface area contributed by atoms with Crippen molar-refractivity contribution in [1.82, 2.24) is 10.2 Å². The molecule has 0 unspecified atom stereocenters. The Labute approximate surface area is 102 Å². The largest absolute Gasteiger partial charge is 0.447 e. The Morgan fingerprint density at radius 3 is 2.24 bits per heavy atom. The lowest BCUT2D eigenvalue weighted by Gasteiger charge is -2.22. The molecule has 0 fully saturated rings. The van der Waals surface area contributed by atoms with E-state index in [9.17, 15) is 9.59 Å². The minimum atomic E-state index is -0.538. The van der Waals surface area contributed by atoms with Crippen LogP contribution in [0, 0.1) is 0 Å². The van der Waals surface area contributed by atoms with E-state index in [2.05, 4.69) is 5.32 Å². The molecule has 0 bridgehead atoms. The quantitative estimate of drug-likeness (QED) is 0.821. The summed E-state index contributed by atoms with van der Waals surface area (Å²) < 4.78 is 9.97. The van der Waals surface area contributed by atoms with Crippen LogP contribution < -0.4 is 5.32 Å². The highest BCUT2D eigenvalue weighted by molar-refractivity contribution is 5.68. The maximum absolute atomic E-state index is 11.4. The number of rotatable bonds is 3. The second kappa shape index (κ2) is 6.32. The van der Waals surface area contributed by atoms with E-state index >= 15 is 0 Å². The molecule has 6 nitrogen and oxygen atoms in total. The van der Waals surface area contributed by atoms with Crippen LogP contribution in [-0.4, -0.2) is 49.4 Å². The van der Waals surface area contributed by atoms with Gasteiger partial charge < -0.3 is 19.7 Å². The van der Waals surface area contributed by atoms with Crippen molar-refractivity contribution in [3.63, 3.8) is 0 Å². The number of hydrogen-bond donors (Lipinski definition) is 1. The number of hydrogen-bond acceptors (Lipinski definition) is 4. The fraction of sp³-hybridized carbons (Fsp3) is 0.818. The number of amides is 2. The number of nitrogens with one attached hydrogen (secondary N) is 1. The molecule has 0 aliphatic carbocycles. The van der Waals surface area contributed by atoms with E-state index < -0.39 is 17.8 Å². The summed E-state index contributed by atoms with van der Waals surface area (Å²) in [5.74, 6) is 0. The van der Waals surface area contributed by atoms with Gasteiger partial charge in [0, 0.05) is 14.1 Å². The van der Waals surface area contributed by atoms with Gasteiger partial charge in [0.2, 0.25) is 0 Å². The first-order valence-electron chi connectivity index (χ1n) is 5.45. The highest BCUT2D eigenvalue weighted by Crippen LogP contribution is 2.06. The van der Waals surface area contributed by atoms with Gasteiger partial charge in [0.1, 0.15) is 12.2 Å². The molecule has 1 atom stereocenters. The molecule has 17 heavy (non-hydrogen) atoms. The number of carbonyl (C=O) groups is 2. The second-order valence-corrected chi connectivity index (χ2v) is 5.02. The summed E-state index contributed by atoms with van der Waals surface area (Å²) in [4.78, 5) is 23.8. The van der Waals surface area contributed by atoms with Crippen LogP contribution in [-0.2, 0) is 9.47 Å². The molecule has 0 rings (SSSR count).